The van der Waals surface area contributed by atoms with Gasteiger partial charge in [0.2, 0.25) is 23.6 Å². The van der Waals surface area contributed by atoms with Gasteiger partial charge in [-0.3, -0.25) is 19.2 Å². The highest BCUT2D eigenvalue weighted by Crippen LogP contribution is 2.20. The molecule has 12 nitrogen and oxygen atoms in total. The zero-order valence-corrected chi connectivity index (χ0v) is 19.9. The summed E-state index contributed by atoms with van der Waals surface area (Å²) < 4.78 is 0. The Labute approximate surface area is 207 Å². The highest BCUT2D eigenvalue weighted by molar-refractivity contribution is 7.80. The van der Waals surface area contributed by atoms with Gasteiger partial charge in [0.05, 0.1) is 6.04 Å². The normalized spacial score (nSPS) is 17.8. The second kappa shape index (κ2) is 13.0. The fourth-order valence-corrected chi connectivity index (χ4v) is 3.91. The lowest BCUT2D eigenvalue weighted by Gasteiger charge is -2.29. The van der Waals surface area contributed by atoms with E-state index in [4.69, 9.17) is 11.5 Å². The first-order valence-corrected chi connectivity index (χ1v) is 11.7. The van der Waals surface area contributed by atoms with Gasteiger partial charge >= 0.3 is 5.97 Å². The predicted octanol–water partition coefficient (Wildman–Crippen LogP) is -1.50. The van der Waals surface area contributed by atoms with Crippen LogP contribution in [-0.2, 0) is 30.4 Å². The molecule has 0 aromatic heterocycles. The number of carboxylic acid groups (broad SMARTS) is 1. The summed E-state index contributed by atoms with van der Waals surface area (Å²) in [6, 6.07) is 1.57. The van der Waals surface area contributed by atoms with Crippen molar-refractivity contribution in [3.63, 3.8) is 0 Å². The highest BCUT2D eigenvalue weighted by atomic mass is 32.1. The van der Waals surface area contributed by atoms with Gasteiger partial charge in [0, 0.05) is 25.1 Å². The number of hydrogen-bond donors (Lipinski definition) is 7. The van der Waals surface area contributed by atoms with Crippen molar-refractivity contribution in [2.24, 2.45) is 11.5 Å². The number of benzene rings is 1. The molecule has 4 atom stereocenters. The fourth-order valence-electron chi connectivity index (χ4n) is 3.74. The Morgan fingerprint density at radius 1 is 1.09 bits per heavy atom. The molecule has 0 bridgehead atoms. The van der Waals surface area contributed by atoms with E-state index in [1.807, 2.05) is 0 Å². The van der Waals surface area contributed by atoms with Crippen LogP contribution < -0.4 is 22.1 Å². The molecular formula is C22H31N5O7S. The molecule has 0 radical (unpaired) electrons. The van der Waals surface area contributed by atoms with Crippen molar-refractivity contribution in [3.05, 3.63) is 29.8 Å². The fraction of sp³-hybridized carbons (Fsp3) is 0.500. The minimum atomic E-state index is -1.22. The van der Waals surface area contributed by atoms with Gasteiger partial charge in [-0.15, -0.1) is 0 Å². The van der Waals surface area contributed by atoms with Crippen LogP contribution in [0.1, 0.15) is 31.2 Å². The van der Waals surface area contributed by atoms with Crippen molar-refractivity contribution in [3.8, 4) is 5.75 Å². The third-order valence-corrected chi connectivity index (χ3v) is 6.05. The first-order valence-electron chi connectivity index (χ1n) is 11.1. The van der Waals surface area contributed by atoms with Crippen LogP contribution in [-0.4, -0.2) is 81.2 Å². The van der Waals surface area contributed by atoms with Crippen LogP contribution in [0.4, 0.5) is 0 Å². The lowest BCUT2D eigenvalue weighted by molar-refractivity contribution is -0.149. The van der Waals surface area contributed by atoms with Crippen LogP contribution in [0.2, 0.25) is 0 Å². The highest BCUT2D eigenvalue weighted by Gasteiger charge is 2.38. The summed E-state index contributed by atoms with van der Waals surface area (Å²) in [6.07, 6.45) is 0.452. The summed E-state index contributed by atoms with van der Waals surface area (Å²) in [5, 5.41) is 24.1. The SMILES string of the molecule is NC(=O)CCC(NC(=O)C(N)CS)C(=O)NC(Cc1ccc(O)cc1)C(=O)N1CCCC1C(=O)O. The Morgan fingerprint density at radius 3 is 2.29 bits per heavy atom. The van der Waals surface area contributed by atoms with Crippen molar-refractivity contribution in [1.29, 1.82) is 0 Å². The van der Waals surface area contributed by atoms with Gasteiger partial charge in [-0.05, 0) is 37.0 Å². The molecule has 1 heterocycles. The molecular weight excluding hydrogens is 478 g/mol. The number of carboxylic acids is 1. The molecule has 8 N–H and O–H groups in total. The van der Waals surface area contributed by atoms with Gasteiger partial charge in [0.25, 0.3) is 0 Å². The Bertz CT molecular complexity index is 943. The van der Waals surface area contributed by atoms with Crippen molar-refractivity contribution in [1.82, 2.24) is 15.5 Å². The Morgan fingerprint density at radius 2 is 1.71 bits per heavy atom. The van der Waals surface area contributed by atoms with Crippen LogP contribution >= 0.6 is 12.6 Å². The van der Waals surface area contributed by atoms with Crippen LogP contribution in [0.5, 0.6) is 5.75 Å². The number of nitrogens with two attached hydrogens (primary N) is 2. The summed E-state index contributed by atoms with van der Waals surface area (Å²) in [6.45, 7) is 0.219. The van der Waals surface area contributed by atoms with E-state index in [-0.39, 0.29) is 37.3 Å². The third-order valence-electron chi connectivity index (χ3n) is 5.66. The topological polar surface area (TPSA) is 205 Å². The first-order chi connectivity index (χ1) is 16.5. The molecule has 4 amide bonds. The lowest BCUT2D eigenvalue weighted by atomic mass is 10.0. The number of nitrogens with zero attached hydrogens (tertiary/aromatic N) is 1. The third kappa shape index (κ3) is 8.14. The van der Waals surface area contributed by atoms with Crippen molar-refractivity contribution < 1.29 is 34.2 Å². The number of nitrogens with one attached hydrogen (secondary N) is 2. The molecule has 35 heavy (non-hydrogen) atoms. The average Bonchev–Trinajstić information content (AvgIpc) is 3.31. The minimum Gasteiger partial charge on any atom is -0.508 e. The number of aromatic hydroxyl groups is 1. The van der Waals surface area contributed by atoms with Gasteiger partial charge in [-0.1, -0.05) is 12.1 Å². The molecule has 1 aliphatic rings. The molecule has 0 saturated carbocycles. The van der Waals surface area contributed by atoms with E-state index in [1.165, 1.54) is 17.0 Å². The number of carbonyl (C=O) groups excluding carboxylic acids is 4. The predicted molar refractivity (Wildman–Crippen MR) is 128 cm³/mol. The van der Waals surface area contributed by atoms with E-state index in [9.17, 15) is 34.2 Å². The molecule has 13 heteroatoms. The van der Waals surface area contributed by atoms with Crippen LogP contribution in [0.25, 0.3) is 0 Å². The first kappa shape index (κ1) is 27.9. The molecule has 4 unspecified atom stereocenters. The molecule has 1 fully saturated rings. The lowest BCUT2D eigenvalue weighted by Crippen LogP contribution is -2.58. The van der Waals surface area contributed by atoms with Crippen molar-refractivity contribution in [2.75, 3.05) is 12.3 Å². The Hall–Kier alpha value is -3.32. The van der Waals surface area contributed by atoms with Gasteiger partial charge in [0.15, 0.2) is 0 Å². The van der Waals surface area contributed by atoms with Gasteiger partial charge in [-0.2, -0.15) is 12.6 Å². The summed E-state index contributed by atoms with van der Waals surface area (Å²) in [7, 11) is 0. The average molecular weight is 510 g/mol. The van der Waals surface area contributed by atoms with E-state index in [2.05, 4.69) is 23.3 Å². The molecule has 0 spiro atoms. The Kier molecular flexibility index (Phi) is 10.3. The monoisotopic (exact) mass is 509 g/mol. The number of phenolic OH excluding ortho intramolecular Hbond substituents is 1. The number of aliphatic carboxylic acids is 1. The quantitative estimate of drug-likeness (QED) is 0.165. The minimum absolute atomic E-state index is 0.000330. The molecule has 192 valence electrons. The summed E-state index contributed by atoms with van der Waals surface area (Å²) in [5.41, 5.74) is 11.5. The number of primary amides is 1. The van der Waals surface area contributed by atoms with Crippen LogP contribution in [0.15, 0.2) is 24.3 Å². The standard InChI is InChI=1S/C22H31N5O7S/c23-14(11-35)19(30)25-15(7-8-18(24)29)20(31)26-16(10-12-3-5-13(28)6-4-12)21(32)27-9-1-2-17(27)22(33)34/h3-6,14-17,28,35H,1-2,7-11,23H2,(H2,24,29)(H,25,30)(H,26,31)(H,33,34). The molecule has 1 saturated heterocycles. The molecule has 1 aliphatic heterocycles. The van der Waals surface area contributed by atoms with Crippen molar-refractivity contribution in [2.45, 2.75) is 56.3 Å². The van der Waals surface area contributed by atoms with Gasteiger partial charge in [-0.25, -0.2) is 4.79 Å². The molecule has 2 rings (SSSR count). The summed E-state index contributed by atoms with van der Waals surface area (Å²) >= 11 is 3.96. The molecule has 0 aliphatic carbocycles. The van der Waals surface area contributed by atoms with Gasteiger partial charge < -0.3 is 37.2 Å². The second-order valence-electron chi connectivity index (χ2n) is 8.31. The number of hydrogen-bond acceptors (Lipinski definition) is 8. The summed E-state index contributed by atoms with van der Waals surface area (Å²) in [5.74, 6) is -3.81. The van der Waals surface area contributed by atoms with Crippen LogP contribution in [0.3, 0.4) is 0 Å². The zero-order valence-electron chi connectivity index (χ0n) is 19.1. The number of rotatable bonds is 12. The number of phenols is 1. The maximum atomic E-state index is 13.3. The van der Waals surface area contributed by atoms with Crippen LogP contribution in [0, 0.1) is 0 Å². The second-order valence-corrected chi connectivity index (χ2v) is 8.68. The van der Waals surface area contributed by atoms with E-state index in [0.717, 1.165) is 0 Å². The smallest absolute Gasteiger partial charge is 0.326 e. The number of thiol groups is 1. The maximum Gasteiger partial charge on any atom is 0.326 e. The van der Waals surface area contributed by atoms with E-state index in [0.29, 0.717) is 18.4 Å². The number of likely N-dealkylation sites (tertiary alicyclic amines) is 1. The maximum absolute atomic E-state index is 13.3. The molecule has 1 aromatic rings. The van der Waals surface area contributed by atoms with E-state index in [1.54, 1.807) is 12.1 Å². The Balaban J connectivity index is 2.28. The number of amides is 4. The number of carbonyl (C=O) groups is 5. The zero-order chi connectivity index (χ0) is 26.1. The van der Waals surface area contributed by atoms with E-state index >= 15 is 0 Å². The van der Waals surface area contributed by atoms with E-state index < -0.39 is 53.8 Å². The molecule has 1 aromatic carbocycles. The largest absolute Gasteiger partial charge is 0.508 e. The summed E-state index contributed by atoms with van der Waals surface area (Å²) in [4.78, 5) is 62.8. The van der Waals surface area contributed by atoms with Gasteiger partial charge in [0.1, 0.15) is 23.9 Å². The van der Waals surface area contributed by atoms with Crippen molar-refractivity contribution >= 4 is 42.2 Å².